The van der Waals surface area contributed by atoms with Gasteiger partial charge in [-0.2, -0.15) is 0 Å². The zero-order chi connectivity index (χ0) is 17.0. The number of hydrogen-bond donors (Lipinski definition) is 1. The number of aromatic nitrogens is 4. The van der Waals surface area contributed by atoms with E-state index < -0.39 is 0 Å². The Labute approximate surface area is 150 Å². The van der Waals surface area contributed by atoms with Crippen LogP contribution in [-0.4, -0.2) is 45.9 Å². The van der Waals surface area contributed by atoms with Gasteiger partial charge in [0.2, 0.25) is 5.88 Å². The molecule has 0 amide bonds. The second-order valence-corrected chi connectivity index (χ2v) is 7.77. The molecule has 1 N–H and O–H groups in total. The molecule has 6 nitrogen and oxygen atoms in total. The van der Waals surface area contributed by atoms with E-state index in [1.807, 2.05) is 24.2 Å². The van der Waals surface area contributed by atoms with E-state index >= 15 is 0 Å². The molecule has 0 bridgehead atoms. The highest BCUT2D eigenvalue weighted by atomic mass is 32.2. The standard InChI is InChI=1S/C18H19N5OS/c1-23(18-11-3-4-19-17(11)21-9-22-18)13-5-10-8-25-14-6-15(24-2)20-7-12(14)16(10)13/h3-4,6-7,9-10,13,16H,5,8H2,1-2H3,(H,19,21,22)/t10-,13-,16?/m1/s1. The molecule has 0 radical (unpaired) electrons. The molecule has 3 aromatic heterocycles. The third kappa shape index (κ3) is 2.22. The van der Waals surface area contributed by atoms with Gasteiger partial charge in [0, 0.05) is 48.1 Å². The van der Waals surface area contributed by atoms with Gasteiger partial charge in [-0.05, 0) is 24.0 Å². The van der Waals surface area contributed by atoms with Crippen LogP contribution in [0.2, 0.25) is 0 Å². The van der Waals surface area contributed by atoms with Gasteiger partial charge in [-0.3, -0.25) is 0 Å². The third-order valence-corrected chi connectivity index (χ3v) is 6.78. The number of aromatic amines is 1. The van der Waals surface area contributed by atoms with Crippen LogP contribution in [0, 0.1) is 5.92 Å². The van der Waals surface area contributed by atoms with Gasteiger partial charge in [-0.1, -0.05) is 0 Å². The molecule has 2 aliphatic rings. The zero-order valence-electron chi connectivity index (χ0n) is 14.1. The zero-order valence-corrected chi connectivity index (χ0v) is 15.0. The van der Waals surface area contributed by atoms with E-state index in [-0.39, 0.29) is 0 Å². The highest BCUT2D eigenvalue weighted by Gasteiger charge is 2.47. The molecule has 128 valence electrons. The van der Waals surface area contributed by atoms with Crippen LogP contribution in [0.15, 0.2) is 35.7 Å². The van der Waals surface area contributed by atoms with Gasteiger partial charge in [-0.25, -0.2) is 15.0 Å². The summed E-state index contributed by atoms with van der Waals surface area (Å²) in [7, 11) is 3.82. The molecule has 1 aliphatic heterocycles. The number of nitrogens with one attached hydrogen (secondary N) is 1. The molecule has 3 aromatic rings. The normalized spacial score (nSPS) is 24.3. The maximum atomic E-state index is 5.29. The van der Waals surface area contributed by atoms with Crippen molar-refractivity contribution < 1.29 is 4.74 Å². The fourth-order valence-electron chi connectivity index (χ4n) is 4.16. The van der Waals surface area contributed by atoms with Crippen molar-refractivity contribution in [2.24, 2.45) is 5.92 Å². The molecule has 5 rings (SSSR count). The van der Waals surface area contributed by atoms with Crippen molar-refractivity contribution in [2.75, 3.05) is 24.8 Å². The van der Waals surface area contributed by atoms with E-state index in [0.29, 0.717) is 23.8 Å². The van der Waals surface area contributed by atoms with Crippen molar-refractivity contribution in [3.63, 3.8) is 0 Å². The van der Waals surface area contributed by atoms with Gasteiger partial charge in [0.1, 0.15) is 17.8 Å². The smallest absolute Gasteiger partial charge is 0.214 e. The molecule has 0 aromatic carbocycles. The lowest BCUT2D eigenvalue weighted by atomic mass is 9.66. The Bertz CT molecular complexity index is 942. The number of ether oxygens (including phenoxy) is 1. The molecule has 1 aliphatic carbocycles. The summed E-state index contributed by atoms with van der Waals surface area (Å²) in [5, 5.41) is 1.08. The third-order valence-electron chi connectivity index (χ3n) is 5.52. The quantitative estimate of drug-likeness (QED) is 0.780. The van der Waals surface area contributed by atoms with E-state index in [1.54, 1.807) is 13.4 Å². The molecule has 1 fully saturated rings. The lowest BCUT2D eigenvalue weighted by Gasteiger charge is -2.52. The summed E-state index contributed by atoms with van der Waals surface area (Å²) in [6.45, 7) is 0. The Kier molecular flexibility index (Phi) is 3.38. The first-order valence-electron chi connectivity index (χ1n) is 8.44. The number of fused-ring (bicyclic) bond motifs is 4. The van der Waals surface area contributed by atoms with Crippen LogP contribution in [-0.2, 0) is 0 Å². The van der Waals surface area contributed by atoms with Gasteiger partial charge in [0.15, 0.2) is 0 Å². The summed E-state index contributed by atoms with van der Waals surface area (Å²) in [6, 6.07) is 4.56. The highest BCUT2D eigenvalue weighted by Crippen LogP contribution is 2.54. The summed E-state index contributed by atoms with van der Waals surface area (Å²) in [5.41, 5.74) is 2.24. The maximum Gasteiger partial charge on any atom is 0.214 e. The Morgan fingerprint density at radius 1 is 1.32 bits per heavy atom. The van der Waals surface area contributed by atoms with Crippen molar-refractivity contribution >= 4 is 28.6 Å². The Balaban J connectivity index is 1.50. The molecule has 0 saturated heterocycles. The van der Waals surface area contributed by atoms with E-state index in [9.17, 15) is 0 Å². The van der Waals surface area contributed by atoms with Crippen LogP contribution in [0.3, 0.4) is 0 Å². The molecule has 7 heteroatoms. The number of nitrogens with zero attached hydrogens (tertiary/aromatic N) is 4. The average Bonchev–Trinajstić information content (AvgIpc) is 3.10. The first-order chi connectivity index (χ1) is 12.3. The first kappa shape index (κ1) is 15.0. The lowest BCUT2D eigenvalue weighted by Crippen LogP contribution is -2.52. The predicted octanol–water partition coefficient (Wildman–Crippen LogP) is 3.08. The van der Waals surface area contributed by atoms with Crippen molar-refractivity contribution in [3.05, 3.63) is 36.4 Å². The molecule has 3 atom stereocenters. The first-order valence-corrected chi connectivity index (χ1v) is 9.42. The Morgan fingerprint density at radius 2 is 2.24 bits per heavy atom. The van der Waals surface area contributed by atoms with Crippen LogP contribution < -0.4 is 9.64 Å². The monoisotopic (exact) mass is 353 g/mol. The van der Waals surface area contributed by atoms with E-state index in [1.165, 1.54) is 22.6 Å². The maximum absolute atomic E-state index is 5.29. The van der Waals surface area contributed by atoms with Crippen LogP contribution in [0.25, 0.3) is 11.0 Å². The molecule has 1 unspecified atom stereocenters. The minimum Gasteiger partial charge on any atom is -0.481 e. The Morgan fingerprint density at radius 3 is 3.12 bits per heavy atom. The summed E-state index contributed by atoms with van der Waals surface area (Å²) >= 11 is 1.93. The number of methoxy groups -OCH3 is 1. The fraction of sp³-hybridized carbons (Fsp3) is 0.389. The van der Waals surface area contributed by atoms with Gasteiger partial charge in [0.25, 0.3) is 0 Å². The summed E-state index contributed by atoms with van der Waals surface area (Å²) in [5.74, 6) is 4.07. The number of thioether (sulfide) groups is 1. The van der Waals surface area contributed by atoms with E-state index in [4.69, 9.17) is 4.74 Å². The molecule has 25 heavy (non-hydrogen) atoms. The van der Waals surface area contributed by atoms with Gasteiger partial charge < -0.3 is 14.6 Å². The average molecular weight is 353 g/mol. The van der Waals surface area contributed by atoms with E-state index in [2.05, 4.69) is 44.0 Å². The molecular weight excluding hydrogens is 334 g/mol. The van der Waals surface area contributed by atoms with Crippen LogP contribution >= 0.6 is 11.8 Å². The minimum absolute atomic E-state index is 0.438. The number of pyridine rings is 1. The summed E-state index contributed by atoms with van der Waals surface area (Å²) in [6.07, 6.45) is 6.75. The lowest BCUT2D eigenvalue weighted by molar-refractivity contribution is 0.220. The van der Waals surface area contributed by atoms with Crippen molar-refractivity contribution in [3.8, 4) is 5.88 Å². The number of rotatable bonds is 3. The number of hydrogen-bond acceptors (Lipinski definition) is 6. The molecular formula is C18H19N5OS. The van der Waals surface area contributed by atoms with Crippen LogP contribution in [0.1, 0.15) is 17.9 Å². The summed E-state index contributed by atoms with van der Waals surface area (Å²) in [4.78, 5) is 20.1. The highest BCUT2D eigenvalue weighted by molar-refractivity contribution is 7.99. The van der Waals surface area contributed by atoms with Gasteiger partial charge in [0.05, 0.1) is 12.5 Å². The Hall–Kier alpha value is -2.28. The molecule has 1 saturated carbocycles. The predicted molar refractivity (Wildman–Crippen MR) is 98.4 cm³/mol. The SMILES string of the molecule is COc1cc2c(cn1)C1[C@@H](CS2)C[C@H]1N(C)c1ncnc2[nH]ccc12. The second-order valence-electron chi connectivity index (χ2n) is 6.71. The van der Waals surface area contributed by atoms with Crippen molar-refractivity contribution in [2.45, 2.75) is 23.3 Å². The molecule has 4 heterocycles. The summed E-state index contributed by atoms with van der Waals surface area (Å²) < 4.78 is 5.29. The minimum atomic E-state index is 0.438. The largest absolute Gasteiger partial charge is 0.481 e. The van der Waals surface area contributed by atoms with Gasteiger partial charge >= 0.3 is 0 Å². The van der Waals surface area contributed by atoms with E-state index in [0.717, 1.165) is 16.9 Å². The second kappa shape index (κ2) is 5.62. The molecule has 0 spiro atoms. The van der Waals surface area contributed by atoms with Gasteiger partial charge in [-0.15, -0.1) is 11.8 Å². The number of anilines is 1. The number of H-pyrrole nitrogens is 1. The van der Waals surface area contributed by atoms with Crippen molar-refractivity contribution in [1.82, 2.24) is 19.9 Å². The van der Waals surface area contributed by atoms with Crippen LogP contribution in [0.5, 0.6) is 5.88 Å². The van der Waals surface area contributed by atoms with Crippen LogP contribution in [0.4, 0.5) is 5.82 Å². The topological polar surface area (TPSA) is 66.9 Å². The number of likely N-dealkylation sites (N-methyl/N-ethyl adjacent to an activating group) is 1. The van der Waals surface area contributed by atoms with Crippen molar-refractivity contribution in [1.29, 1.82) is 0 Å². The fourth-order valence-corrected chi connectivity index (χ4v) is 5.44.